The van der Waals surface area contributed by atoms with E-state index in [1.807, 2.05) is 13.8 Å². The molecule has 0 aliphatic heterocycles. The lowest BCUT2D eigenvalue weighted by Crippen LogP contribution is -2.19. The molecule has 0 saturated carbocycles. The Balaban J connectivity index is 3.23. The van der Waals surface area contributed by atoms with Crippen molar-refractivity contribution in [2.24, 2.45) is 0 Å². The van der Waals surface area contributed by atoms with E-state index in [4.69, 9.17) is 26.3 Å². The molecule has 0 radical (unpaired) electrons. The summed E-state index contributed by atoms with van der Waals surface area (Å²) in [7, 11) is 1.43. The van der Waals surface area contributed by atoms with Gasteiger partial charge in [0.05, 0.1) is 13.2 Å². The molecule has 0 atom stereocenters. The second-order valence-electron chi connectivity index (χ2n) is 3.60. The Labute approximate surface area is 104 Å². The van der Waals surface area contributed by atoms with E-state index in [1.54, 1.807) is 0 Å². The fraction of sp³-hybridized carbons (Fsp3) is 0.364. The van der Waals surface area contributed by atoms with Crippen LogP contribution in [0, 0.1) is 0 Å². The quantitative estimate of drug-likeness (QED) is 0.643. The lowest BCUT2D eigenvalue weighted by Gasteiger charge is -2.14. The molecule has 17 heavy (non-hydrogen) atoms. The van der Waals surface area contributed by atoms with Crippen molar-refractivity contribution in [3.8, 4) is 11.5 Å². The first-order chi connectivity index (χ1) is 7.99. The van der Waals surface area contributed by atoms with E-state index in [2.05, 4.69) is 0 Å². The number of halogens is 1. The van der Waals surface area contributed by atoms with E-state index in [0.29, 0.717) is 11.5 Å². The minimum absolute atomic E-state index is 0.0929. The predicted molar refractivity (Wildman–Crippen MR) is 63.0 cm³/mol. The van der Waals surface area contributed by atoms with Crippen LogP contribution in [0.4, 0.5) is 0 Å². The van der Waals surface area contributed by atoms with Crippen LogP contribution in [0.25, 0.3) is 0 Å². The monoisotopic (exact) mass is 259 g/mol. The van der Waals surface area contributed by atoms with Gasteiger partial charge in [0, 0.05) is 5.56 Å². The molecule has 6 heteroatoms. The highest BCUT2D eigenvalue weighted by atomic mass is 35.5. The highest BCUT2D eigenvalue weighted by molar-refractivity contribution is 6.33. The minimum atomic E-state index is -0.659. The summed E-state index contributed by atoms with van der Waals surface area (Å²) in [5.41, 5.74) is 1.74. The van der Waals surface area contributed by atoms with Crippen LogP contribution >= 0.6 is 11.6 Å². The maximum atomic E-state index is 11.3. The first-order valence-electron chi connectivity index (χ1n) is 4.98. The van der Waals surface area contributed by atoms with Crippen LogP contribution < -0.4 is 15.0 Å². The van der Waals surface area contributed by atoms with Crippen LogP contribution in [0.1, 0.15) is 24.2 Å². The summed E-state index contributed by atoms with van der Waals surface area (Å²) >= 11 is 6.03. The molecule has 5 nitrogen and oxygen atoms in total. The summed E-state index contributed by atoms with van der Waals surface area (Å²) in [4.78, 5) is 11.3. The van der Waals surface area contributed by atoms with Crippen LogP contribution in [-0.2, 0) is 0 Å². The lowest BCUT2D eigenvalue weighted by molar-refractivity contribution is 0.0705. The number of carbonyl (C=O) groups excluding carboxylic acids is 1. The lowest BCUT2D eigenvalue weighted by atomic mass is 10.2. The summed E-state index contributed by atoms with van der Waals surface area (Å²) in [6, 6.07) is 2.86. The number of nitrogens with one attached hydrogen (secondary N) is 1. The van der Waals surface area contributed by atoms with Gasteiger partial charge in [0.25, 0.3) is 5.91 Å². The van der Waals surface area contributed by atoms with Gasteiger partial charge in [0.15, 0.2) is 0 Å². The van der Waals surface area contributed by atoms with Gasteiger partial charge < -0.3 is 9.47 Å². The highest BCUT2D eigenvalue weighted by Gasteiger charge is 2.15. The van der Waals surface area contributed by atoms with Gasteiger partial charge in [-0.05, 0) is 26.0 Å². The first kappa shape index (κ1) is 13.6. The van der Waals surface area contributed by atoms with Crippen LogP contribution in [0.5, 0.6) is 11.5 Å². The third-order valence-electron chi connectivity index (χ3n) is 1.95. The van der Waals surface area contributed by atoms with Crippen molar-refractivity contribution in [2.45, 2.75) is 20.0 Å². The molecule has 1 amide bonds. The number of ether oxygens (including phenoxy) is 2. The summed E-state index contributed by atoms with van der Waals surface area (Å²) in [6.45, 7) is 3.67. The molecule has 0 aliphatic carbocycles. The Bertz CT molecular complexity index is 420. The molecule has 0 fully saturated rings. The molecule has 0 aromatic heterocycles. The minimum Gasteiger partial charge on any atom is -0.495 e. The van der Waals surface area contributed by atoms with Gasteiger partial charge >= 0.3 is 0 Å². The smallest absolute Gasteiger partial charge is 0.274 e. The third kappa shape index (κ3) is 3.25. The van der Waals surface area contributed by atoms with Crippen molar-refractivity contribution >= 4 is 17.5 Å². The van der Waals surface area contributed by atoms with Crippen molar-refractivity contribution in [3.63, 3.8) is 0 Å². The molecular formula is C11H14ClNO4. The molecule has 0 spiro atoms. The van der Waals surface area contributed by atoms with Crippen molar-refractivity contribution in [3.05, 3.63) is 22.7 Å². The van der Waals surface area contributed by atoms with E-state index < -0.39 is 5.91 Å². The van der Waals surface area contributed by atoms with Gasteiger partial charge in [-0.3, -0.25) is 10.0 Å². The molecule has 1 aromatic carbocycles. The summed E-state index contributed by atoms with van der Waals surface area (Å²) in [5.74, 6) is -0.0170. The molecule has 1 aromatic rings. The van der Waals surface area contributed by atoms with Crippen LogP contribution in [0.15, 0.2) is 12.1 Å². The number of hydroxylamine groups is 1. The van der Waals surface area contributed by atoms with E-state index in [9.17, 15) is 4.79 Å². The summed E-state index contributed by atoms with van der Waals surface area (Å²) in [6.07, 6.45) is -0.0929. The number of amides is 1. The SMILES string of the molecule is COc1cc(C(=O)NO)cc(OC(C)C)c1Cl. The van der Waals surface area contributed by atoms with Gasteiger partial charge in [0.1, 0.15) is 16.5 Å². The number of rotatable bonds is 4. The van der Waals surface area contributed by atoms with Crippen molar-refractivity contribution in [1.29, 1.82) is 0 Å². The largest absolute Gasteiger partial charge is 0.495 e. The Morgan fingerprint density at radius 3 is 2.47 bits per heavy atom. The third-order valence-corrected chi connectivity index (χ3v) is 2.32. The number of carbonyl (C=O) groups is 1. The molecule has 0 heterocycles. The van der Waals surface area contributed by atoms with E-state index in [-0.39, 0.29) is 16.7 Å². The maximum Gasteiger partial charge on any atom is 0.274 e. The Hall–Kier alpha value is -1.46. The average molecular weight is 260 g/mol. The zero-order chi connectivity index (χ0) is 13.0. The number of hydrogen-bond acceptors (Lipinski definition) is 4. The molecule has 1 rings (SSSR count). The zero-order valence-electron chi connectivity index (χ0n) is 9.78. The second kappa shape index (κ2) is 5.75. The fourth-order valence-corrected chi connectivity index (χ4v) is 1.49. The second-order valence-corrected chi connectivity index (χ2v) is 3.98. The van der Waals surface area contributed by atoms with E-state index in [1.165, 1.54) is 24.7 Å². The van der Waals surface area contributed by atoms with Crippen LogP contribution in [-0.4, -0.2) is 24.3 Å². The van der Waals surface area contributed by atoms with Gasteiger partial charge in [-0.1, -0.05) is 11.6 Å². The molecule has 0 saturated heterocycles. The summed E-state index contributed by atoms with van der Waals surface area (Å²) < 4.78 is 10.5. The standard InChI is InChI=1S/C11H14ClNO4/c1-6(2)17-9-5-7(11(14)13-15)4-8(16-3)10(9)12/h4-6,15H,1-3H3,(H,13,14). The molecular weight excluding hydrogens is 246 g/mol. The van der Waals surface area contributed by atoms with Gasteiger partial charge in [-0.2, -0.15) is 0 Å². The Morgan fingerprint density at radius 1 is 1.41 bits per heavy atom. The van der Waals surface area contributed by atoms with Crippen LogP contribution in [0.3, 0.4) is 0 Å². The number of benzene rings is 1. The molecule has 0 bridgehead atoms. The molecule has 2 N–H and O–H groups in total. The van der Waals surface area contributed by atoms with Crippen molar-refractivity contribution < 1.29 is 19.5 Å². The highest BCUT2D eigenvalue weighted by Crippen LogP contribution is 2.35. The first-order valence-corrected chi connectivity index (χ1v) is 5.36. The zero-order valence-corrected chi connectivity index (χ0v) is 10.5. The predicted octanol–water partition coefficient (Wildman–Crippen LogP) is 2.25. The maximum absolute atomic E-state index is 11.3. The molecule has 0 aliphatic rings. The molecule has 94 valence electrons. The topological polar surface area (TPSA) is 67.8 Å². The van der Waals surface area contributed by atoms with Gasteiger partial charge in [0.2, 0.25) is 0 Å². The number of methoxy groups -OCH3 is 1. The van der Waals surface area contributed by atoms with Gasteiger partial charge in [-0.15, -0.1) is 0 Å². The summed E-state index contributed by atoms with van der Waals surface area (Å²) in [5, 5.41) is 8.87. The fourth-order valence-electron chi connectivity index (χ4n) is 1.26. The Morgan fingerprint density at radius 2 is 2.00 bits per heavy atom. The Kier molecular flexibility index (Phi) is 4.60. The van der Waals surface area contributed by atoms with Crippen molar-refractivity contribution in [1.82, 2.24) is 5.48 Å². The average Bonchev–Trinajstić information content (AvgIpc) is 2.30. The van der Waals surface area contributed by atoms with Gasteiger partial charge in [-0.25, -0.2) is 5.48 Å². The number of hydrogen-bond donors (Lipinski definition) is 2. The van der Waals surface area contributed by atoms with E-state index in [0.717, 1.165) is 0 Å². The van der Waals surface area contributed by atoms with E-state index >= 15 is 0 Å². The normalized spacial score (nSPS) is 10.2. The van der Waals surface area contributed by atoms with Crippen LogP contribution in [0.2, 0.25) is 5.02 Å². The molecule has 0 unspecified atom stereocenters. The van der Waals surface area contributed by atoms with Crippen molar-refractivity contribution in [2.75, 3.05) is 7.11 Å².